The Morgan fingerprint density at radius 3 is 2.04 bits per heavy atom. The minimum Gasteiger partial charge on any atom is -0.507 e. The van der Waals surface area contributed by atoms with Crippen molar-refractivity contribution >= 4 is 11.7 Å². The Labute approximate surface area is 143 Å². The summed E-state index contributed by atoms with van der Waals surface area (Å²) in [5, 5.41) is 19.6. The van der Waals surface area contributed by atoms with Crippen molar-refractivity contribution in [1.29, 1.82) is 0 Å². The van der Waals surface area contributed by atoms with E-state index >= 15 is 0 Å². The molecule has 0 fully saturated rings. The number of rotatable bonds is 3. The standard InChI is InChI=1S/C19H27NO4/c1-18(2,3)13-7-11(8-14(17(13)23)19(4,5)6)15-9-12(24-20-15)10-16(21)22/h7-9,12,20,23H,10H2,1-6H3,(H,21,22). The summed E-state index contributed by atoms with van der Waals surface area (Å²) in [5.74, 6) is -0.587. The monoisotopic (exact) mass is 333 g/mol. The third-order valence-electron chi connectivity index (χ3n) is 4.09. The topological polar surface area (TPSA) is 78.8 Å². The van der Waals surface area contributed by atoms with E-state index in [2.05, 4.69) is 47.0 Å². The van der Waals surface area contributed by atoms with Crippen LogP contribution < -0.4 is 5.48 Å². The molecule has 1 aromatic rings. The van der Waals surface area contributed by atoms with Crippen LogP contribution in [0.4, 0.5) is 0 Å². The summed E-state index contributed by atoms with van der Waals surface area (Å²) in [4.78, 5) is 16.2. The van der Waals surface area contributed by atoms with E-state index in [9.17, 15) is 9.90 Å². The van der Waals surface area contributed by atoms with E-state index in [1.807, 2.05) is 12.1 Å². The van der Waals surface area contributed by atoms with Crippen molar-refractivity contribution in [1.82, 2.24) is 5.48 Å². The van der Waals surface area contributed by atoms with Crippen molar-refractivity contribution in [2.75, 3.05) is 0 Å². The first-order valence-electron chi connectivity index (χ1n) is 8.13. The second-order valence-corrected chi connectivity index (χ2v) is 8.36. The zero-order valence-electron chi connectivity index (χ0n) is 15.2. The first-order chi connectivity index (χ1) is 10.9. The van der Waals surface area contributed by atoms with Crippen LogP contribution in [0.25, 0.3) is 5.70 Å². The van der Waals surface area contributed by atoms with E-state index in [1.165, 1.54) is 0 Å². The van der Waals surface area contributed by atoms with Crippen molar-refractivity contribution in [3.8, 4) is 5.75 Å². The highest BCUT2D eigenvalue weighted by atomic mass is 16.7. The number of aliphatic carboxylic acids is 1. The number of hydrogen-bond acceptors (Lipinski definition) is 4. The maximum absolute atomic E-state index is 10.8. The van der Waals surface area contributed by atoms with Crippen LogP contribution in [0, 0.1) is 0 Å². The molecule has 0 spiro atoms. The number of phenolic OH excluding ortho intramolecular Hbond substituents is 1. The summed E-state index contributed by atoms with van der Waals surface area (Å²) < 4.78 is 0. The zero-order valence-corrected chi connectivity index (χ0v) is 15.2. The summed E-state index contributed by atoms with van der Waals surface area (Å²) in [6, 6.07) is 3.88. The Kier molecular flexibility index (Phi) is 4.68. The van der Waals surface area contributed by atoms with E-state index in [4.69, 9.17) is 9.94 Å². The van der Waals surface area contributed by atoms with Gasteiger partial charge in [-0.05, 0) is 29.0 Å². The highest BCUT2D eigenvalue weighted by Gasteiger charge is 2.28. The number of phenols is 1. The molecule has 1 unspecified atom stereocenters. The average molecular weight is 333 g/mol. The van der Waals surface area contributed by atoms with Crippen molar-refractivity contribution < 1.29 is 19.8 Å². The van der Waals surface area contributed by atoms with Gasteiger partial charge in [0.15, 0.2) is 0 Å². The third-order valence-corrected chi connectivity index (χ3v) is 4.09. The molecule has 132 valence electrons. The predicted molar refractivity (Wildman–Crippen MR) is 93.7 cm³/mol. The van der Waals surface area contributed by atoms with Crippen LogP contribution in [-0.2, 0) is 20.5 Å². The summed E-state index contributed by atoms with van der Waals surface area (Å²) in [6.45, 7) is 12.3. The van der Waals surface area contributed by atoms with Gasteiger partial charge in [-0.1, -0.05) is 41.5 Å². The SMILES string of the molecule is CC(C)(C)c1cc(C2=CC(CC(=O)O)ON2)cc(C(C)(C)C)c1O. The molecule has 1 aliphatic heterocycles. The molecule has 0 radical (unpaired) electrons. The molecule has 1 aliphatic rings. The highest BCUT2D eigenvalue weighted by Crippen LogP contribution is 2.41. The average Bonchev–Trinajstić information content (AvgIpc) is 2.83. The number of nitrogens with one attached hydrogen (secondary N) is 1. The second kappa shape index (κ2) is 6.13. The maximum atomic E-state index is 10.8. The summed E-state index contributed by atoms with van der Waals surface area (Å²) >= 11 is 0. The minimum absolute atomic E-state index is 0.0904. The molecule has 2 rings (SSSR count). The predicted octanol–water partition coefficient (Wildman–Crippen LogP) is 3.71. The van der Waals surface area contributed by atoms with Crippen LogP contribution in [0.2, 0.25) is 0 Å². The second-order valence-electron chi connectivity index (χ2n) is 8.36. The normalized spacial score (nSPS) is 18.2. The molecule has 0 bridgehead atoms. The number of benzene rings is 1. The van der Waals surface area contributed by atoms with Crippen LogP contribution in [0.1, 0.15) is 64.7 Å². The Balaban J connectivity index is 2.54. The number of carbonyl (C=O) groups is 1. The van der Waals surface area contributed by atoms with Crippen LogP contribution >= 0.6 is 0 Å². The highest BCUT2D eigenvalue weighted by molar-refractivity contribution is 5.72. The third kappa shape index (κ3) is 3.90. The van der Waals surface area contributed by atoms with Crippen molar-refractivity contribution in [3.63, 3.8) is 0 Å². The number of carboxylic acids is 1. The molecule has 0 saturated carbocycles. The number of hydroxylamine groups is 1. The molecule has 0 aromatic heterocycles. The van der Waals surface area contributed by atoms with Crippen LogP contribution in [-0.4, -0.2) is 22.3 Å². The number of carboxylic acid groups (broad SMARTS) is 1. The van der Waals surface area contributed by atoms with Crippen LogP contribution in [0.3, 0.4) is 0 Å². The lowest BCUT2D eigenvalue weighted by Gasteiger charge is -2.28. The quantitative estimate of drug-likeness (QED) is 0.786. The lowest BCUT2D eigenvalue weighted by atomic mass is 9.78. The van der Waals surface area contributed by atoms with E-state index in [1.54, 1.807) is 6.08 Å². The first-order valence-corrected chi connectivity index (χ1v) is 8.13. The Hall–Kier alpha value is -2.01. The molecule has 3 N–H and O–H groups in total. The summed E-state index contributed by atoms with van der Waals surface area (Å²) in [5.41, 5.74) is 5.71. The van der Waals surface area contributed by atoms with E-state index in [0.29, 0.717) is 5.75 Å². The molecule has 1 heterocycles. The van der Waals surface area contributed by atoms with Crippen LogP contribution in [0.15, 0.2) is 18.2 Å². The fourth-order valence-corrected chi connectivity index (χ4v) is 2.75. The molecule has 5 heteroatoms. The fraction of sp³-hybridized carbons (Fsp3) is 0.526. The van der Waals surface area contributed by atoms with Gasteiger partial charge in [-0.2, -0.15) is 0 Å². The van der Waals surface area contributed by atoms with Gasteiger partial charge in [-0.25, -0.2) is 0 Å². The van der Waals surface area contributed by atoms with E-state index in [0.717, 1.165) is 22.4 Å². The van der Waals surface area contributed by atoms with Gasteiger partial charge in [0, 0.05) is 16.7 Å². The molecule has 0 saturated heterocycles. The Morgan fingerprint density at radius 2 is 1.62 bits per heavy atom. The van der Waals surface area contributed by atoms with Crippen molar-refractivity contribution in [3.05, 3.63) is 34.9 Å². The Bertz CT molecular complexity index is 643. The number of hydrogen-bond donors (Lipinski definition) is 3. The van der Waals surface area contributed by atoms with Gasteiger partial charge in [0.1, 0.15) is 11.9 Å². The largest absolute Gasteiger partial charge is 0.507 e. The Morgan fingerprint density at radius 1 is 1.12 bits per heavy atom. The molecule has 0 aliphatic carbocycles. The lowest BCUT2D eigenvalue weighted by molar-refractivity contribution is -0.139. The van der Waals surface area contributed by atoms with Gasteiger partial charge in [-0.15, -0.1) is 0 Å². The van der Waals surface area contributed by atoms with Gasteiger partial charge >= 0.3 is 5.97 Å². The van der Waals surface area contributed by atoms with Gasteiger partial charge in [0.05, 0.1) is 12.1 Å². The molecular formula is C19H27NO4. The van der Waals surface area contributed by atoms with Gasteiger partial charge in [0.2, 0.25) is 0 Å². The molecular weight excluding hydrogens is 306 g/mol. The molecule has 24 heavy (non-hydrogen) atoms. The summed E-state index contributed by atoms with van der Waals surface area (Å²) in [7, 11) is 0. The van der Waals surface area contributed by atoms with Gasteiger partial charge in [-0.3, -0.25) is 15.1 Å². The smallest absolute Gasteiger partial charge is 0.306 e. The maximum Gasteiger partial charge on any atom is 0.306 e. The van der Waals surface area contributed by atoms with Crippen molar-refractivity contribution in [2.24, 2.45) is 0 Å². The first kappa shape index (κ1) is 18.3. The molecule has 1 aromatic carbocycles. The minimum atomic E-state index is -0.907. The van der Waals surface area contributed by atoms with Crippen LogP contribution in [0.5, 0.6) is 5.75 Å². The van der Waals surface area contributed by atoms with Gasteiger partial charge < -0.3 is 10.2 Å². The van der Waals surface area contributed by atoms with E-state index in [-0.39, 0.29) is 17.3 Å². The van der Waals surface area contributed by atoms with Gasteiger partial charge in [0.25, 0.3) is 0 Å². The zero-order chi connectivity index (χ0) is 18.3. The summed E-state index contributed by atoms with van der Waals surface area (Å²) in [6.07, 6.45) is 1.19. The van der Waals surface area contributed by atoms with Crippen molar-refractivity contribution in [2.45, 2.75) is 64.9 Å². The number of aromatic hydroxyl groups is 1. The molecule has 5 nitrogen and oxygen atoms in total. The molecule has 1 atom stereocenters. The fourth-order valence-electron chi connectivity index (χ4n) is 2.75. The lowest BCUT2D eigenvalue weighted by Crippen LogP contribution is -2.19. The molecule has 0 amide bonds. The van der Waals surface area contributed by atoms with E-state index < -0.39 is 12.1 Å².